The quantitative estimate of drug-likeness (QED) is 0.329. The summed E-state index contributed by atoms with van der Waals surface area (Å²) in [6.45, 7) is 0.238. The third-order valence-corrected chi connectivity index (χ3v) is 5.01. The summed E-state index contributed by atoms with van der Waals surface area (Å²) in [5.41, 5.74) is 0.0985. The summed E-state index contributed by atoms with van der Waals surface area (Å²) in [6.07, 6.45) is 0.385. The smallest absolute Gasteiger partial charge is 0.332 e. The van der Waals surface area contributed by atoms with Crippen LogP contribution in [0, 0.1) is 5.21 Å². The Bertz CT molecular complexity index is 1130. The molecule has 2 heterocycles. The van der Waals surface area contributed by atoms with E-state index in [1.807, 2.05) is 0 Å². The first-order chi connectivity index (χ1) is 14.3. The van der Waals surface area contributed by atoms with Gasteiger partial charge in [0.05, 0.1) is 30.8 Å². The molecule has 2 atom stereocenters. The zero-order chi connectivity index (χ0) is 22.0. The molecule has 4 N–H and O–H groups in total. The molecule has 30 heavy (non-hydrogen) atoms. The van der Waals surface area contributed by atoms with E-state index < -0.39 is 23.4 Å². The summed E-state index contributed by atoms with van der Waals surface area (Å²) in [7, 11) is 2.93. The van der Waals surface area contributed by atoms with Crippen molar-refractivity contribution in [1.82, 2.24) is 24.0 Å². The summed E-state index contributed by atoms with van der Waals surface area (Å²) < 4.78 is 3.90. The number of benzene rings is 1. The predicted octanol–water partition coefficient (Wildman–Crippen LogP) is -1.19. The zero-order valence-electron chi connectivity index (χ0n) is 16.5. The van der Waals surface area contributed by atoms with Crippen LogP contribution in [0.25, 0.3) is 11.2 Å². The minimum Gasteiger partial charge on any atom is -0.733 e. The van der Waals surface area contributed by atoms with Crippen LogP contribution < -0.4 is 21.8 Å². The van der Waals surface area contributed by atoms with Gasteiger partial charge >= 0.3 is 5.69 Å². The molecule has 0 fully saturated rings. The minimum atomic E-state index is -1.07. The summed E-state index contributed by atoms with van der Waals surface area (Å²) in [4.78, 5) is 28.6. The molecule has 12 nitrogen and oxygen atoms in total. The Kier molecular flexibility index (Phi) is 6.34. The molecule has 0 spiro atoms. The Morgan fingerprint density at radius 3 is 2.47 bits per heavy atom. The van der Waals surface area contributed by atoms with E-state index in [1.165, 1.54) is 49.3 Å². The maximum atomic E-state index is 12.4. The molecular formula is C18H23N6O6-. The van der Waals surface area contributed by atoms with Crippen molar-refractivity contribution in [3.05, 3.63) is 62.2 Å². The number of imidazole rings is 1. The van der Waals surface area contributed by atoms with Crippen LogP contribution in [-0.2, 0) is 20.6 Å². The van der Waals surface area contributed by atoms with Gasteiger partial charge in [0.1, 0.15) is 0 Å². The lowest BCUT2D eigenvalue weighted by atomic mass is 10.0. The third-order valence-electron chi connectivity index (χ3n) is 5.01. The van der Waals surface area contributed by atoms with Gasteiger partial charge < -0.3 is 30.5 Å². The Labute approximate surface area is 170 Å². The number of hydrogen-bond donors (Lipinski definition) is 4. The number of aryl methyl sites for hydroxylation is 1. The summed E-state index contributed by atoms with van der Waals surface area (Å²) in [5, 5.41) is 42.6. The molecule has 0 radical (unpaired) electrons. The van der Waals surface area contributed by atoms with Gasteiger partial charge in [0.15, 0.2) is 11.2 Å². The monoisotopic (exact) mass is 419 g/mol. The van der Waals surface area contributed by atoms with Crippen molar-refractivity contribution in [2.45, 2.75) is 18.7 Å². The van der Waals surface area contributed by atoms with Crippen LogP contribution in [-0.4, -0.2) is 53.3 Å². The maximum Gasteiger partial charge on any atom is 0.332 e. The van der Waals surface area contributed by atoms with E-state index in [-0.39, 0.29) is 28.7 Å². The minimum absolute atomic E-state index is 0.0161. The van der Waals surface area contributed by atoms with Crippen molar-refractivity contribution in [2.75, 3.05) is 18.4 Å². The number of nitrogens with one attached hydrogen (secondary N) is 1. The van der Waals surface area contributed by atoms with E-state index >= 15 is 0 Å². The normalized spacial score (nSPS) is 13.5. The SMILES string of the molecule is Cn1c(=O)c2c(ncn2CCNC(CO)C(O)c2ccc(N([O-])O)cc2)n(C)c1=O. The molecule has 0 saturated heterocycles. The standard InChI is InChI=1S/C18H23N6O6/c1-21-16-14(17(27)22(2)18(21)28)23(10-20-16)8-7-19-13(9-25)15(26)11-3-5-12(6-4-11)24(29)30/h3-6,10,13,15,19,25-26,29H,7-9H2,1-2H3/q-1. The number of fused-ring (bicyclic) bond motifs is 1. The lowest BCUT2D eigenvalue weighted by molar-refractivity contribution is 0.0897. The highest BCUT2D eigenvalue weighted by Gasteiger charge is 2.20. The first kappa shape index (κ1) is 21.7. The van der Waals surface area contributed by atoms with Crippen LogP contribution in [0.2, 0.25) is 0 Å². The fourth-order valence-corrected chi connectivity index (χ4v) is 3.24. The molecule has 0 saturated carbocycles. The van der Waals surface area contributed by atoms with Crippen molar-refractivity contribution >= 4 is 16.9 Å². The van der Waals surface area contributed by atoms with Gasteiger partial charge in [-0.15, -0.1) is 0 Å². The highest BCUT2D eigenvalue weighted by molar-refractivity contribution is 5.69. The van der Waals surface area contributed by atoms with Gasteiger partial charge in [0.25, 0.3) is 5.56 Å². The summed E-state index contributed by atoms with van der Waals surface area (Å²) >= 11 is 0. The molecular weight excluding hydrogens is 396 g/mol. The van der Waals surface area contributed by atoms with Crippen LogP contribution in [0.4, 0.5) is 5.69 Å². The highest BCUT2D eigenvalue weighted by Crippen LogP contribution is 2.20. The first-order valence-electron chi connectivity index (χ1n) is 9.15. The van der Waals surface area contributed by atoms with Gasteiger partial charge in [-0.05, 0) is 17.7 Å². The van der Waals surface area contributed by atoms with Crippen molar-refractivity contribution in [1.29, 1.82) is 0 Å². The first-order valence-corrected chi connectivity index (χ1v) is 9.15. The number of nitrogens with zero attached hydrogens (tertiary/aromatic N) is 5. The number of anilines is 1. The van der Waals surface area contributed by atoms with Crippen molar-refractivity contribution < 1.29 is 15.4 Å². The Morgan fingerprint density at radius 2 is 1.87 bits per heavy atom. The van der Waals surface area contributed by atoms with Crippen LogP contribution in [0.5, 0.6) is 0 Å². The van der Waals surface area contributed by atoms with E-state index in [0.29, 0.717) is 18.7 Å². The van der Waals surface area contributed by atoms with Crippen LogP contribution in [0.3, 0.4) is 0 Å². The second kappa shape index (κ2) is 8.77. The van der Waals surface area contributed by atoms with E-state index in [1.54, 1.807) is 4.57 Å². The van der Waals surface area contributed by atoms with Crippen molar-refractivity contribution in [2.24, 2.45) is 14.1 Å². The molecule has 0 aliphatic heterocycles. The van der Waals surface area contributed by atoms with E-state index in [2.05, 4.69) is 10.3 Å². The van der Waals surface area contributed by atoms with E-state index in [0.717, 1.165) is 4.57 Å². The lowest BCUT2D eigenvalue weighted by Crippen LogP contribution is -2.40. The molecule has 2 unspecified atom stereocenters. The van der Waals surface area contributed by atoms with Crippen molar-refractivity contribution in [3.8, 4) is 0 Å². The lowest BCUT2D eigenvalue weighted by Gasteiger charge is -2.25. The summed E-state index contributed by atoms with van der Waals surface area (Å²) in [6, 6.07) is 4.92. The van der Waals surface area contributed by atoms with Gasteiger partial charge in [-0.3, -0.25) is 19.1 Å². The number of aromatic nitrogens is 4. The average Bonchev–Trinajstić information content (AvgIpc) is 3.17. The third kappa shape index (κ3) is 3.99. The second-order valence-corrected chi connectivity index (χ2v) is 6.87. The molecule has 12 heteroatoms. The molecule has 162 valence electrons. The molecule has 0 bridgehead atoms. The number of aliphatic hydroxyl groups excluding tert-OH is 2. The topological polar surface area (TPSA) is 161 Å². The fourth-order valence-electron chi connectivity index (χ4n) is 3.24. The van der Waals surface area contributed by atoms with Gasteiger partial charge in [-0.2, -0.15) is 0 Å². The largest absolute Gasteiger partial charge is 0.733 e. The highest BCUT2D eigenvalue weighted by atomic mass is 16.8. The molecule has 3 aromatic rings. The maximum absolute atomic E-state index is 12.4. The average molecular weight is 419 g/mol. The van der Waals surface area contributed by atoms with Crippen molar-refractivity contribution in [3.63, 3.8) is 0 Å². The predicted molar refractivity (Wildman–Crippen MR) is 108 cm³/mol. The zero-order valence-corrected chi connectivity index (χ0v) is 16.5. The van der Waals surface area contributed by atoms with Crippen LogP contribution in [0.1, 0.15) is 11.7 Å². The number of rotatable bonds is 8. The van der Waals surface area contributed by atoms with Gasteiger partial charge in [0.2, 0.25) is 0 Å². The van der Waals surface area contributed by atoms with Gasteiger partial charge in [-0.1, -0.05) is 12.1 Å². The summed E-state index contributed by atoms with van der Waals surface area (Å²) in [5.74, 6) is 0. The second-order valence-electron chi connectivity index (χ2n) is 6.87. The van der Waals surface area contributed by atoms with E-state index in [9.17, 15) is 25.0 Å². The molecule has 0 aliphatic carbocycles. The molecule has 0 aliphatic rings. The Balaban J connectivity index is 1.72. The Morgan fingerprint density at radius 1 is 1.20 bits per heavy atom. The van der Waals surface area contributed by atoms with Crippen LogP contribution in [0.15, 0.2) is 40.2 Å². The molecule has 3 rings (SSSR count). The van der Waals surface area contributed by atoms with Gasteiger partial charge in [0, 0.05) is 27.2 Å². The number of aliphatic hydroxyl groups is 2. The molecule has 1 aromatic carbocycles. The molecule has 2 aromatic heterocycles. The van der Waals surface area contributed by atoms with E-state index in [4.69, 9.17) is 5.21 Å². The number of hydrogen-bond acceptors (Lipinski definition) is 9. The van der Waals surface area contributed by atoms with Crippen LogP contribution >= 0.6 is 0 Å². The van der Waals surface area contributed by atoms with Gasteiger partial charge in [-0.25, -0.2) is 9.78 Å². The fraction of sp³-hybridized carbons (Fsp3) is 0.389. The Hall–Kier alpha value is -3.03. The molecule has 0 amide bonds.